The number of imidazole rings is 1. The van der Waals surface area contributed by atoms with Crippen molar-refractivity contribution in [3.8, 4) is 0 Å². The van der Waals surface area contributed by atoms with Gasteiger partial charge in [0.15, 0.2) is 0 Å². The maximum atomic E-state index is 12.4. The second-order valence-electron chi connectivity index (χ2n) is 5.85. The van der Waals surface area contributed by atoms with Crippen molar-refractivity contribution in [1.29, 1.82) is 0 Å². The van der Waals surface area contributed by atoms with E-state index in [2.05, 4.69) is 25.3 Å². The zero-order chi connectivity index (χ0) is 16.9. The number of amides is 1. The number of aryl methyl sites for hydroxylation is 2. The fourth-order valence-electron chi connectivity index (χ4n) is 2.82. The van der Waals surface area contributed by atoms with Gasteiger partial charge >= 0.3 is 0 Å². The Labute approximate surface area is 145 Å². The lowest BCUT2D eigenvalue weighted by atomic mass is 9.94. The van der Waals surface area contributed by atoms with Crippen molar-refractivity contribution in [3.05, 3.63) is 34.7 Å². The van der Waals surface area contributed by atoms with Crippen molar-refractivity contribution in [2.75, 3.05) is 18.0 Å². The van der Waals surface area contributed by atoms with E-state index in [-0.39, 0.29) is 11.9 Å². The normalized spacial score (nSPS) is 13.5. The van der Waals surface area contributed by atoms with E-state index in [0.29, 0.717) is 12.2 Å². The summed E-state index contributed by atoms with van der Waals surface area (Å²) in [6.07, 6.45) is 5.59. The number of nitrogens with one attached hydrogen (secondary N) is 2. The fraction of sp³-hybridized carbons (Fsp3) is 0.500. The summed E-state index contributed by atoms with van der Waals surface area (Å²) in [5.41, 5.74) is 10.2. The summed E-state index contributed by atoms with van der Waals surface area (Å²) in [7, 11) is 0. The van der Waals surface area contributed by atoms with Crippen LogP contribution in [0.15, 0.2) is 6.33 Å². The number of fused-ring (bicyclic) bond motifs is 1. The molecule has 0 aliphatic heterocycles. The molecule has 24 heavy (non-hydrogen) atoms. The predicted octanol–water partition coefficient (Wildman–Crippen LogP) is 1.63. The molecule has 7 nitrogen and oxygen atoms in total. The third-order valence-corrected chi connectivity index (χ3v) is 5.09. The van der Waals surface area contributed by atoms with Crippen molar-refractivity contribution in [3.63, 3.8) is 0 Å². The van der Waals surface area contributed by atoms with Crippen LogP contribution in [0.5, 0.6) is 0 Å². The van der Waals surface area contributed by atoms with Gasteiger partial charge in [0.2, 0.25) is 5.95 Å². The highest BCUT2D eigenvalue weighted by Crippen LogP contribution is 2.22. The number of nitrogens with two attached hydrogens (primary N) is 1. The van der Waals surface area contributed by atoms with E-state index in [9.17, 15) is 4.79 Å². The second-order valence-corrected chi connectivity index (χ2v) is 6.95. The highest BCUT2D eigenvalue weighted by Gasteiger charge is 2.21. The lowest BCUT2D eigenvalue weighted by molar-refractivity contribution is 0.0949. The van der Waals surface area contributed by atoms with E-state index in [0.717, 1.165) is 59.8 Å². The van der Waals surface area contributed by atoms with E-state index in [4.69, 9.17) is 5.73 Å². The third-order valence-electron chi connectivity index (χ3n) is 4.12. The minimum absolute atomic E-state index is 0.154. The van der Waals surface area contributed by atoms with Gasteiger partial charge in [-0.15, -0.1) is 0 Å². The zero-order valence-electron chi connectivity index (χ0n) is 13.8. The van der Waals surface area contributed by atoms with Gasteiger partial charge in [-0.25, -0.2) is 15.0 Å². The summed E-state index contributed by atoms with van der Waals surface area (Å²) in [6.45, 7) is 2.60. The molecule has 8 heteroatoms. The number of hydrogen-bond acceptors (Lipinski definition) is 6. The van der Waals surface area contributed by atoms with Crippen molar-refractivity contribution in [2.45, 2.75) is 38.4 Å². The number of anilines is 1. The second kappa shape index (κ2) is 7.65. The molecule has 0 saturated heterocycles. The third kappa shape index (κ3) is 3.87. The van der Waals surface area contributed by atoms with Crippen LogP contribution < -0.4 is 11.1 Å². The van der Waals surface area contributed by atoms with Crippen LogP contribution in [0.25, 0.3) is 0 Å². The standard InChI is InChI=1S/C16H22N6OS/c1-10-13(20-9-19-10)8-24-7-6-18-15(23)14-11-4-2-3-5-12(11)21-16(17)22-14/h9H,2-8H2,1H3,(H,18,23)(H,19,20)(H2,17,21,22). The van der Waals surface area contributed by atoms with Crippen LogP contribution in [-0.4, -0.2) is 38.1 Å². The Kier molecular flexibility index (Phi) is 5.34. The van der Waals surface area contributed by atoms with Crippen LogP contribution in [0.3, 0.4) is 0 Å². The van der Waals surface area contributed by atoms with Gasteiger partial charge in [0, 0.05) is 35.0 Å². The molecule has 0 saturated carbocycles. The molecule has 0 fully saturated rings. The number of carbonyl (C=O) groups is 1. The highest BCUT2D eigenvalue weighted by atomic mass is 32.2. The van der Waals surface area contributed by atoms with Gasteiger partial charge in [0.1, 0.15) is 5.69 Å². The number of rotatable bonds is 6. The molecule has 3 rings (SSSR count). The Hall–Kier alpha value is -2.09. The highest BCUT2D eigenvalue weighted by molar-refractivity contribution is 7.98. The Balaban J connectivity index is 1.52. The Morgan fingerprint density at radius 1 is 1.38 bits per heavy atom. The van der Waals surface area contributed by atoms with Gasteiger partial charge in [-0.05, 0) is 32.6 Å². The number of thioether (sulfide) groups is 1. The molecule has 4 N–H and O–H groups in total. The van der Waals surface area contributed by atoms with Gasteiger partial charge in [0.05, 0.1) is 12.0 Å². The van der Waals surface area contributed by atoms with Gasteiger partial charge in [0.25, 0.3) is 5.91 Å². The van der Waals surface area contributed by atoms with E-state index in [1.165, 1.54) is 0 Å². The molecule has 2 aromatic rings. The number of H-pyrrole nitrogens is 1. The van der Waals surface area contributed by atoms with Gasteiger partial charge in [-0.1, -0.05) is 0 Å². The van der Waals surface area contributed by atoms with Crippen LogP contribution in [0.4, 0.5) is 5.95 Å². The lowest BCUT2D eigenvalue weighted by Crippen LogP contribution is -2.29. The van der Waals surface area contributed by atoms with Crippen LogP contribution in [0.1, 0.15) is 46.0 Å². The number of aromatic nitrogens is 4. The van der Waals surface area contributed by atoms with Gasteiger partial charge < -0.3 is 16.0 Å². The number of hydrogen-bond donors (Lipinski definition) is 3. The topological polar surface area (TPSA) is 110 Å². The van der Waals surface area contributed by atoms with E-state index in [1.54, 1.807) is 18.1 Å². The smallest absolute Gasteiger partial charge is 0.270 e. The number of carbonyl (C=O) groups excluding carboxylic acids is 1. The summed E-state index contributed by atoms with van der Waals surface area (Å²) in [6, 6.07) is 0. The number of aromatic amines is 1. The Morgan fingerprint density at radius 3 is 3.00 bits per heavy atom. The molecule has 1 aliphatic rings. The molecule has 1 aliphatic carbocycles. The minimum Gasteiger partial charge on any atom is -0.368 e. The first-order valence-corrected chi connectivity index (χ1v) is 9.30. The van der Waals surface area contributed by atoms with Crippen molar-refractivity contribution in [1.82, 2.24) is 25.3 Å². The molecular formula is C16H22N6OS. The summed E-state index contributed by atoms with van der Waals surface area (Å²) >= 11 is 1.74. The molecule has 0 radical (unpaired) electrons. The molecule has 2 heterocycles. The quantitative estimate of drug-likeness (QED) is 0.686. The first-order valence-electron chi connectivity index (χ1n) is 8.15. The van der Waals surface area contributed by atoms with E-state index in [1.807, 2.05) is 6.92 Å². The average molecular weight is 346 g/mol. The molecule has 1 amide bonds. The fourth-order valence-corrected chi connectivity index (χ4v) is 3.70. The summed E-state index contributed by atoms with van der Waals surface area (Å²) in [5.74, 6) is 1.69. The zero-order valence-corrected chi connectivity index (χ0v) is 14.6. The first kappa shape index (κ1) is 16.8. The largest absolute Gasteiger partial charge is 0.368 e. The van der Waals surface area contributed by atoms with E-state index < -0.39 is 0 Å². The summed E-state index contributed by atoms with van der Waals surface area (Å²) in [4.78, 5) is 28.2. The van der Waals surface area contributed by atoms with Crippen LogP contribution in [0.2, 0.25) is 0 Å². The van der Waals surface area contributed by atoms with Crippen LogP contribution in [-0.2, 0) is 18.6 Å². The van der Waals surface area contributed by atoms with Crippen molar-refractivity contribution >= 4 is 23.6 Å². The summed E-state index contributed by atoms with van der Waals surface area (Å²) in [5, 5.41) is 2.94. The predicted molar refractivity (Wildman–Crippen MR) is 94.9 cm³/mol. The van der Waals surface area contributed by atoms with Gasteiger partial charge in [-0.2, -0.15) is 11.8 Å². The SMILES string of the molecule is Cc1[nH]cnc1CSCCNC(=O)c1nc(N)nc2c1CCCC2. The lowest BCUT2D eigenvalue weighted by Gasteiger charge is -2.17. The summed E-state index contributed by atoms with van der Waals surface area (Å²) < 4.78 is 0. The number of nitrogen functional groups attached to an aromatic ring is 1. The molecule has 2 aromatic heterocycles. The molecule has 0 bridgehead atoms. The van der Waals surface area contributed by atoms with E-state index >= 15 is 0 Å². The maximum absolute atomic E-state index is 12.4. The first-order chi connectivity index (χ1) is 11.6. The van der Waals surface area contributed by atoms with Crippen molar-refractivity contribution < 1.29 is 4.79 Å². The molecule has 0 unspecified atom stereocenters. The Bertz CT molecular complexity index is 729. The maximum Gasteiger partial charge on any atom is 0.270 e. The van der Waals surface area contributed by atoms with Crippen molar-refractivity contribution in [2.24, 2.45) is 0 Å². The molecule has 0 spiro atoms. The van der Waals surface area contributed by atoms with Crippen LogP contribution >= 0.6 is 11.8 Å². The number of nitrogens with zero attached hydrogens (tertiary/aromatic N) is 3. The molecule has 128 valence electrons. The minimum atomic E-state index is -0.154. The molecule has 0 aromatic carbocycles. The van der Waals surface area contributed by atoms with Crippen LogP contribution in [0, 0.1) is 6.92 Å². The van der Waals surface area contributed by atoms with Gasteiger partial charge in [-0.3, -0.25) is 4.79 Å². The Morgan fingerprint density at radius 2 is 2.21 bits per heavy atom. The average Bonchev–Trinajstić information content (AvgIpc) is 2.98. The molecular weight excluding hydrogens is 324 g/mol. The molecule has 0 atom stereocenters. The monoisotopic (exact) mass is 346 g/mol.